The van der Waals surface area contributed by atoms with Crippen molar-refractivity contribution in [2.45, 2.75) is 0 Å². The Labute approximate surface area is 337 Å². The summed E-state index contributed by atoms with van der Waals surface area (Å²) < 4.78 is 9.12. The molecule has 58 heavy (non-hydrogen) atoms. The number of pyridine rings is 2. The molecule has 0 spiro atoms. The van der Waals surface area contributed by atoms with E-state index in [0.29, 0.717) is 0 Å². The molecule has 1 aliphatic rings. The average molecular weight is 761 g/mol. The van der Waals surface area contributed by atoms with Gasteiger partial charge in [0.05, 0.1) is 22.4 Å². The van der Waals surface area contributed by atoms with Crippen LogP contribution in [0.4, 0.5) is 17.2 Å². The van der Waals surface area contributed by atoms with Gasteiger partial charge in [-0.3, -0.25) is 9.88 Å². The molecule has 7 aromatic carbocycles. The summed E-state index contributed by atoms with van der Waals surface area (Å²) in [5.41, 5.74) is 7.41. The Balaban J connectivity index is 1.22. The van der Waals surface area contributed by atoms with Gasteiger partial charge in [-0.15, -0.1) is 0 Å². The summed E-state index contributed by atoms with van der Waals surface area (Å²) in [5, 5.41) is 7.46. The van der Waals surface area contributed by atoms with E-state index in [0.717, 1.165) is 56.5 Å². The molecule has 0 unspecified atom stereocenters. The summed E-state index contributed by atoms with van der Waals surface area (Å²) in [6, 6.07) is 73.2. The largest absolute Gasteiger partial charge is 0.457 e. The van der Waals surface area contributed by atoms with E-state index in [9.17, 15) is 0 Å². The Morgan fingerprint density at radius 2 is 1.12 bits per heavy atom. The van der Waals surface area contributed by atoms with Gasteiger partial charge in [-0.1, -0.05) is 140 Å². The molecule has 10 aromatic rings. The van der Waals surface area contributed by atoms with E-state index in [1.54, 1.807) is 0 Å². The lowest BCUT2D eigenvalue weighted by molar-refractivity contribution is 0.483. The van der Waals surface area contributed by atoms with Crippen molar-refractivity contribution in [1.82, 2.24) is 14.5 Å². The van der Waals surface area contributed by atoms with Crippen LogP contribution in [0.1, 0.15) is 0 Å². The van der Waals surface area contributed by atoms with Crippen LogP contribution in [0, 0.1) is 0 Å². The van der Waals surface area contributed by atoms with Crippen molar-refractivity contribution in [1.29, 1.82) is 0 Å². The number of benzene rings is 7. The molecule has 1 aliphatic heterocycles. The molecule has 0 saturated heterocycles. The van der Waals surface area contributed by atoms with Crippen molar-refractivity contribution in [3.8, 4) is 28.4 Å². The van der Waals surface area contributed by atoms with Gasteiger partial charge in [-0.2, -0.15) is 0 Å². The summed E-state index contributed by atoms with van der Waals surface area (Å²) in [5.74, 6) is 2.39. The molecule has 6 heteroatoms. The van der Waals surface area contributed by atoms with Crippen LogP contribution < -0.4 is 30.4 Å². The van der Waals surface area contributed by atoms with Crippen LogP contribution in [0.15, 0.2) is 219 Å². The Hall–Kier alpha value is -7.54. The van der Waals surface area contributed by atoms with Gasteiger partial charge < -0.3 is 9.30 Å². The zero-order valence-electron chi connectivity index (χ0n) is 31.5. The van der Waals surface area contributed by atoms with E-state index in [4.69, 9.17) is 9.72 Å². The van der Waals surface area contributed by atoms with Gasteiger partial charge in [0.15, 0.2) is 8.07 Å². The second-order valence-electron chi connectivity index (χ2n) is 14.6. The number of anilines is 3. The second-order valence-corrected chi connectivity index (χ2v) is 18.3. The SMILES string of the molecule is c1ccc(-n2c3ccccc3c3cnc4c(c32)[Si](c2ccccc2)(c2ccccc2)c2ccccc2N4c2cccc(Oc3cccc(-c4ccccn4)c3)c2)cc1. The highest BCUT2D eigenvalue weighted by molar-refractivity contribution is 7.22. The lowest BCUT2D eigenvalue weighted by Gasteiger charge is -2.44. The fourth-order valence-corrected chi connectivity index (χ4v) is 14.2. The first-order valence-corrected chi connectivity index (χ1v) is 21.6. The highest BCUT2D eigenvalue weighted by atomic mass is 28.3. The number of para-hydroxylation sites is 3. The zero-order chi connectivity index (χ0) is 38.5. The molecular weight excluding hydrogens is 725 g/mol. The number of ether oxygens (including phenoxy) is 1. The molecule has 274 valence electrons. The first-order valence-electron chi connectivity index (χ1n) is 19.6. The molecule has 0 aliphatic carbocycles. The molecule has 3 aromatic heterocycles. The Morgan fingerprint density at radius 1 is 0.483 bits per heavy atom. The molecular formula is C52H36N4OSi. The van der Waals surface area contributed by atoms with Gasteiger partial charge >= 0.3 is 0 Å². The van der Waals surface area contributed by atoms with Crippen molar-refractivity contribution < 1.29 is 4.74 Å². The first-order chi connectivity index (χ1) is 28.8. The van der Waals surface area contributed by atoms with Gasteiger partial charge in [0, 0.05) is 51.4 Å². The number of hydrogen-bond acceptors (Lipinski definition) is 4. The van der Waals surface area contributed by atoms with Crippen molar-refractivity contribution in [2.75, 3.05) is 4.90 Å². The maximum absolute atomic E-state index is 6.64. The van der Waals surface area contributed by atoms with Crippen molar-refractivity contribution in [3.05, 3.63) is 219 Å². The van der Waals surface area contributed by atoms with Crippen molar-refractivity contribution >= 4 is 67.8 Å². The van der Waals surface area contributed by atoms with E-state index < -0.39 is 8.07 Å². The minimum atomic E-state index is -3.12. The minimum Gasteiger partial charge on any atom is -0.457 e. The highest BCUT2D eigenvalue weighted by Gasteiger charge is 2.51. The molecule has 0 atom stereocenters. The van der Waals surface area contributed by atoms with Gasteiger partial charge in [-0.25, -0.2) is 4.98 Å². The molecule has 5 nitrogen and oxygen atoms in total. The summed E-state index contributed by atoms with van der Waals surface area (Å²) in [6.07, 6.45) is 3.91. The summed E-state index contributed by atoms with van der Waals surface area (Å²) in [7, 11) is -3.12. The normalized spacial score (nSPS) is 12.9. The van der Waals surface area contributed by atoms with Crippen LogP contribution in [-0.4, -0.2) is 22.6 Å². The molecule has 0 N–H and O–H groups in total. The monoisotopic (exact) mass is 760 g/mol. The topological polar surface area (TPSA) is 43.2 Å². The maximum Gasteiger partial charge on any atom is 0.188 e. The molecule has 11 rings (SSSR count). The number of nitrogens with zero attached hydrogens (tertiary/aromatic N) is 4. The van der Waals surface area contributed by atoms with Crippen LogP contribution >= 0.6 is 0 Å². The quantitative estimate of drug-likeness (QED) is 0.152. The molecule has 4 heterocycles. The molecule has 0 radical (unpaired) electrons. The van der Waals surface area contributed by atoms with E-state index in [2.05, 4.69) is 184 Å². The second kappa shape index (κ2) is 13.9. The van der Waals surface area contributed by atoms with Crippen LogP contribution in [0.25, 0.3) is 38.8 Å². The summed E-state index contributed by atoms with van der Waals surface area (Å²) in [6.45, 7) is 0. The van der Waals surface area contributed by atoms with Gasteiger partial charge in [0.25, 0.3) is 0 Å². The number of aromatic nitrogens is 3. The lowest BCUT2D eigenvalue weighted by atomic mass is 10.1. The summed E-state index contributed by atoms with van der Waals surface area (Å²) in [4.78, 5) is 12.5. The van der Waals surface area contributed by atoms with Crippen molar-refractivity contribution in [2.24, 2.45) is 0 Å². The minimum absolute atomic E-state index is 0.731. The first kappa shape index (κ1) is 33.8. The van der Waals surface area contributed by atoms with Gasteiger partial charge in [0.2, 0.25) is 0 Å². The Kier molecular flexibility index (Phi) is 8.08. The third kappa shape index (κ3) is 5.30. The molecule has 0 saturated carbocycles. The summed E-state index contributed by atoms with van der Waals surface area (Å²) >= 11 is 0. The van der Waals surface area contributed by atoms with Crippen molar-refractivity contribution in [3.63, 3.8) is 0 Å². The van der Waals surface area contributed by atoms with Crippen LogP contribution in [0.2, 0.25) is 0 Å². The number of fused-ring (bicyclic) bond motifs is 6. The predicted octanol–water partition coefficient (Wildman–Crippen LogP) is 10.2. The van der Waals surface area contributed by atoms with E-state index in [1.807, 2.05) is 48.7 Å². The third-order valence-electron chi connectivity index (χ3n) is 11.4. The molecule has 0 amide bonds. The Bertz CT molecular complexity index is 3060. The Morgan fingerprint density at radius 3 is 1.88 bits per heavy atom. The highest BCUT2D eigenvalue weighted by Crippen LogP contribution is 2.42. The van der Waals surface area contributed by atoms with E-state index in [-0.39, 0.29) is 0 Å². The van der Waals surface area contributed by atoms with Gasteiger partial charge in [-0.05, 0) is 76.2 Å². The zero-order valence-corrected chi connectivity index (χ0v) is 32.5. The fraction of sp³-hybridized carbons (Fsp3) is 0. The smallest absolute Gasteiger partial charge is 0.188 e. The average Bonchev–Trinajstić information content (AvgIpc) is 3.64. The molecule has 0 bridgehead atoms. The van der Waals surface area contributed by atoms with Crippen LogP contribution in [-0.2, 0) is 0 Å². The maximum atomic E-state index is 6.64. The molecule has 0 fully saturated rings. The lowest BCUT2D eigenvalue weighted by Crippen LogP contribution is -2.77. The fourth-order valence-electron chi connectivity index (χ4n) is 9.01. The third-order valence-corrected chi connectivity index (χ3v) is 16.2. The van der Waals surface area contributed by atoms with Gasteiger partial charge in [0.1, 0.15) is 17.3 Å². The standard InChI is InChI=1S/C52H36N4OSi/c1-4-19-38(20-5-1)55-47-30-11-10-28-44(47)45-36-54-52-51(50(45)55)58(42-24-6-2-7-25-42,43-26-8-3-9-27-43)49-32-13-12-31-48(49)56(52)39-21-17-23-41(35-39)57-40-22-16-18-37(34-40)46-29-14-15-33-53-46/h1-36H. The predicted molar refractivity (Wildman–Crippen MR) is 240 cm³/mol. The van der Waals surface area contributed by atoms with Crippen LogP contribution in [0.5, 0.6) is 11.5 Å². The van der Waals surface area contributed by atoms with E-state index >= 15 is 0 Å². The van der Waals surface area contributed by atoms with Crippen LogP contribution in [0.3, 0.4) is 0 Å². The number of rotatable bonds is 7. The number of hydrogen-bond donors (Lipinski definition) is 0. The van der Waals surface area contributed by atoms with E-state index in [1.165, 1.54) is 31.6 Å².